The number of phenolic OH excluding ortho intramolecular Hbond substituents is 1. The maximum Gasteiger partial charge on any atom is 0.251 e. The number of amides is 7. The third kappa shape index (κ3) is 17.0. The zero-order valence-corrected chi connectivity index (χ0v) is 53.5. The lowest BCUT2D eigenvalue weighted by atomic mass is 9.99. The number of benzene rings is 4. The maximum atomic E-state index is 14.7. The Morgan fingerprint density at radius 1 is 0.684 bits per heavy atom. The Morgan fingerprint density at radius 3 is 1.82 bits per heavy atom. The number of carbonyl (C=O) groups is 7. The highest BCUT2D eigenvalue weighted by molar-refractivity contribution is 7.80. The van der Waals surface area contributed by atoms with Crippen molar-refractivity contribution in [3.63, 3.8) is 0 Å². The van der Waals surface area contributed by atoms with E-state index in [-0.39, 0.29) is 29.9 Å². The first-order valence-electron chi connectivity index (χ1n) is 31.3. The van der Waals surface area contributed by atoms with Crippen LogP contribution in [0.4, 0.5) is 17.1 Å². The molecule has 16 atom stereocenters. The van der Waals surface area contributed by atoms with Crippen LogP contribution < -0.4 is 41.3 Å². The molecule has 7 amide bonds. The minimum absolute atomic E-state index is 0.00773. The number of nitrogens with one attached hydrogen (secondary N) is 5. The van der Waals surface area contributed by atoms with E-state index in [9.17, 15) is 73.5 Å². The number of β-amino-alcohol motifs (C(OH)–C–C–N with tert-alkyl or cyclic N) is 1. The molecule has 5 aliphatic heterocycles. The van der Waals surface area contributed by atoms with E-state index in [4.69, 9.17) is 16.6 Å². The minimum Gasteiger partial charge on any atom is -0.507 e. The van der Waals surface area contributed by atoms with Crippen LogP contribution in [-0.4, -0.2) is 247 Å². The van der Waals surface area contributed by atoms with Crippen molar-refractivity contribution in [1.82, 2.24) is 36.4 Å². The van der Waals surface area contributed by atoms with E-state index >= 15 is 0 Å². The molecule has 512 valence electrons. The normalized spacial score (nSPS) is 28.1. The summed E-state index contributed by atoms with van der Waals surface area (Å²) in [6.07, 6.45) is -12.2. The molecule has 10 unspecified atom stereocenters. The van der Waals surface area contributed by atoms with Gasteiger partial charge >= 0.3 is 0 Å². The van der Waals surface area contributed by atoms with E-state index < -0.39 is 181 Å². The minimum atomic E-state index is -2.67. The van der Waals surface area contributed by atoms with E-state index in [0.717, 1.165) is 70.1 Å². The fourth-order valence-corrected chi connectivity index (χ4v) is 13.4. The Balaban J connectivity index is 0.930. The second-order valence-corrected chi connectivity index (χ2v) is 25.8. The van der Waals surface area contributed by atoms with E-state index in [2.05, 4.69) is 118 Å². The summed E-state index contributed by atoms with van der Waals surface area (Å²) in [4.78, 5) is 112. The van der Waals surface area contributed by atoms with Crippen LogP contribution in [0.15, 0.2) is 95.9 Å². The highest BCUT2D eigenvalue weighted by Gasteiger charge is 2.50. The number of piperazine rings is 1. The summed E-state index contributed by atoms with van der Waals surface area (Å²) in [5, 5.41) is 103. The van der Waals surface area contributed by atoms with Gasteiger partial charge in [-0.3, -0.25) is 33.6 Å². The summed E-state index contributed by atoms with van der Waals surface area (Å²) in [6.45, 7) is 16.1. The highest BCUT2D eigenvalue weighted by atomic mass is 32.2. The lowest BCUT2D eigenvalue weighted by Crippen LogP contribution is -2.64. The number of aliphatic hydroxyl groups is 6. The molecule has 30 nitrogen and oxygen atoms in total. The topological polar surface area (TPSA) is 407 Å². The monoisotopic (exact) mass is 1340 g/mol. The summed E-state index contributed by atoms with van der Waals surface area (Å²) in [5.41, 5.74) is 5.30. The van der Waals surface area contributed by atoms with Crippen molar-refractivity contribution in [3.8, 4) is 16.9 Å². The lowest BCUT2D eigenvalue weighted by Gasteiger charge is -2.37. The average molecular weight is 1340 g/mol. The molecular weight excluding hydrogens is 1260 g/mol. The van der Waals surface area contributed by atoms with Crippen LogP contribution in [0.5, 0.6) is 5.75 Å². The van der Waals surface area contributed by atoms with Crippen LogP contribution in [-0.2, 0) is 60.4 Å². The maximum absolute atomic E-state index is 14.7. The van der Waals surface area contributed by atoms with E-state index in [1.807, 2.05) is 0 Å². The SMILES string of the molecule is [C-]#[N+]C[C@@H](O)[C@@H]1NC(=O)C([C@H](O)Cc2ccc(O)c(S(=O)OOO)c2)NC(=O)C2CC(O)CN2C(=O)C(C(C)O)NC(=O)[C@@H](NC(=O)c2ccc(N3CCN(c4ccc(-c5ccc(N6CC(C)OC(C)C6)cc5)cc4)CC3)cc2)C[C@H](O)CNC(=O)C2[C@@H](O)C(C)CN2C1=O. The summed E-state index contributed by atoms with van der Waals surface area (Å²) < 4.78 is 22.7. The Labute approximate surface area is 550 Å². The number of aromatic hydroxyl groups is 1. The van der Waals surface area contributed by atoms with Gasteiger partial charge in [-0.1, -0.05) is 46.6 Å². The second kappa shape index (κ2) is 31.4. The van der Waals surface area contributed by atoms with Gasteiger partial charge in [0.2, 0.25) is 53.1 Å². The molecule has 9 rings (SSSR count). The van der Waals surface area contributed by atoms with Gasteiger partial charge in [0.05, 0.1) is 42.7 Å². The quantitative estimate of drug-likeness (QED) is 0.0359. The zero-order chi connectivity index (χ0) is 68.5. The van der Waals surface area contributed by atoms with Gasteiger partial charge in [0.25, 0.3) is 5.91 Å². The molecule has 95 heavy (non-hydrogen) atoms. The molecule has 0 saturated carbocycles. The number of carbonyl (C=O) groups excluding carboxylic acids is 7. The number of aliphatic hydroxyl groups excluding tert-OH is 6. The van der Waals surface area contributed by atoms with E-state index in [0.29, 0.717) is 26.2 Å². The van der Waals surface area contributed by atoms with Gasteiger partial charge in [-0.25, -0.2) is 16.0 Å². The summed E-state index contributed by atoms with van der Waals surface area (Å²) >= 11 is -2.67. The Hall–Kier alpha value is -8.39. The van der Waals surface area contributed by atoms with Gasteiger partial charge < -0.3 is 96.4 Å². The second-order valence-electron chi connectivity index (χ2n) is 24.8. The molecule has 5 fully saturated rings. The van der Waals surface area contributed by atoms with Crippen LogP contribution >= 0.6 is 0 Å². The molecule has 4 aromatic carbocycles. The predicted molar refractivity (Wildman–Crippen MR) is 341 cm³/mol. The molecule has 0 aliphatic carbocycles. The average Bonchev–Trinajstić information content (AvgIpc) is 1.69. The first-order chi connectivity index (χ1) is 45.3. The van der Waals surface area contributed by atoms with Crippen molar-refractivity contribution in [1.29, 1.82) is 0 Å². The summed E-state index contributed by atoms with van der Waals surface area (Å²) in [5.74, 6) is -9.52. The van der Waals surface area contributed by atoms with Gasteiger partial charge in [0.15, 0.2) is 6.10 Å². The van der Waals surface area contributed by atoms with Crippen LogP contribution in [0.3, 0.4) is 0 Å². The van der Waals surface area contributed by atoms with Gasteiger partial charge in [0, 0.05) is 107 Å². The fraction of sp³-hybridized carbons (Fsp3) is 0.500. The number of rotatable bonds is 15. The van der Waals surface area contributed by atoms with Crippen molar-refractivity contribution in [2.45, 2.75) is 137 Å². The van der Waals surface area contributed by atoms with Gasteiger partial charge in [-0.2, -0.15) is 0 Å². The molecular formula is C64H81N11O19S. The number of hydrogen-bond acceptors (Lipinski definition) is 22. The van der Waals surface area contributed by atoms with Crippen LogP contribution in [0, 0.1) is 12.5 Å². The molecule has 0 bridgehead atoms. The number of nitrogens with zero attached hydrogens (tertiary/aromatic N) is 6. The summed E-state index contributed by atoms with van der Waals surface area (Å²) in [7, 11) is 0. The van der Waals surface area contributed by atoms with E-state index in [1.165, 1.54) is 25.1 Å². The number of anilines is 3. The molecule has 0 aromatic heterocycles. The first kappa shape index (κ1) is 70.9. The molecule has 5 heterocycles. The largest absolute Gasteiger partial charge is 0.507 e. The van der Waals surface area contributed by atoms with Crippen molar-refractivity contribution >= 4 is 69.5 Å². The van der Waals surface area contributed by atoms with Gasteiger partial charge in [0.1, 0.15) is 46.9 Å². The van der Waals surface area contributed by atoms with Crippen LogP contribution in [0.25, 0.3) is 16.0 Å². The molecule has 5 aliphatic rings. The summed E-state index contributed by atoms with van der Waals surface area (Å²) in [6, 6.07) is 15.3. The van der Waals surface area contributed by atoms with Gasteiger partial charge in [-0.15, -0.1) is 0 Å². The highest BCUT2D eigenvalue weighted by Crippen LogP contribution is 2.31. The molecule has 31 heteroatoms. The number of morpholine rings is 1. The van der Waals surface area contributed by atoms with Crippen molar-refractivity contribution in [3.05, 3.63) is 114 Å². The Morgan fingerprint density at radius 2 is 1.24 bits per heavy atom. The number of ether oxygens (including phenoxy) is 1. The predicted octanol–water partition coefficient (Wildman–Crippen LogP) is -1.69. The molecule has 0 spiro atoms. The lowest BCUT2D eigenvalue weighted by molar-refractivity contribution is -0.435. The smallest absolute Gasteiger partial charge is 0.251 e. The Bertz CT molecular complexity index is 3460. The van der Waals surface area contributed by atoms with Gasteiger partial charge in [-0.05, 0) is 98.1 Å². The number of phenols is 1. The zero-order valence-electron chi connectivity index (χ0n) is 52.7. The molecule has 5 saturated heterocycles. The molecule has 4 aromatic rings. The molecule has 0 radical (unpaired) electrons. The van der Waals surface area contributed by atoms with Crippen LogP contribution in [0.2, 0.25) is 0 Å². The van der Waals surface area contributed by atoms with Crippen LogP contribution in [0.1, 0.15) is 56.5 Å². The van der Waals surface area contributed by atoms with Crippen molar-refractivity contribution in [2.75, 3.05) is 80.1 Å². The van der Waals surface area contributed by atoms with Crippen molar-refractivity contribution in [2.24, 2.45) is 5.92 Å². The molecule has 13 N–H and O–H groups in total. The van der Waals surface area contributed by atoms with E-state index in [1.54, 1.807) is 12.1 Å². The third-order valence-corrected chi connectivity index (χ3v) is 18.6. The third-order valence-electron chi connectivity index (χ3n) is 17.8. The number of fused-ring (bicyclic) bond motifs is 2. The fourth-order valence-electron chi connectivity index (χ4n) is 12.8. The number of hydrogen-bond donors (Lipinski definition) is 13. The Kier molecular flexibility index (Phi) is 23.5. The standard InChI is InChI=1S/C64H81N11O19S/c1-34-30-75-56(57(34)82)62(87)66-28-45(77)26-47(67-58(83)41-11-17-43(18-12-41)72-22-20-71(21-23-72)42-13-7-39(8-14-42)40-9-15-44(16-10-40)73-31-35(2)92-36(3)32-73)59(84)68-53(37(4)76)63(88)74-33-46(78)27-48(74)60(85)69-54(61(86)70-55(64(75)89)51(81)29-65-5)50(80)24-38-6-19-49(79)52(25-38)95(91)94-93-90/h6-19,25,34-37,45-48,50-51,53-57,76-82,90H,20-24,26-33H2,1-4H3,(H,66,87)(H,67,83)(H,68,84)(H,69,85)(H,70,86)/t34?,35?,36?,37?,45-,46?,47-,48?,50+,51+,53?,54?,55-,56?,57-,95?/m0/s1. The first-order valence-corrected chi connectivity index (χ1v) is 32.4. The van der Waals surface area contributed by atoms with Crippen molar-refractivity contribution < 1.29 is 92.9 Å².